The third kappa shape index (κ3) is 3.81. The molecule has 0 bridgehead atoms. The first-order valence-corrected chi connectivity index (χ1v) is 8.23. The Bertz CT molecular complexity index is 794. The number of ketones is 1. The van der Waals surface area contributed by atoms with E-state index in [0.717, 1.165) is 18.4 Å². The van der Waals surface area contributed by atoms with Crippen LogP contribution in [0.1, 0.15) is 43.1 Å². The molecule has 0 saturated heterocycles. The van der Waals surface area contributed by atoms with E-state index in [1.165, 1.54) is 7.11 Å². The molecular weight excluding hydrogens is 320 g/mol. The number of hydrogen-bond acceptors (Lipinski definition) is 6. The standard InChI is InChI=1S/C18H20N4O3/c1-12-3-4-13(14(9-12)18(24)25-2)10-16(23)15-5-6-17(21-20-15)22-8-7-19-11-22/h5-8,11-12H,3-4,9-10H2,1-2H3. The zero-order valence-corrected chi connectivity index (χ0v) is 14.3. The van der Waals surface area contributed by atoms with E-state index in [9.17, 15) is 9.59 Å². The van der Waals surface area contributed by atoms with Gasteiger partial charge >= 0.3 is 5.97 Å². The smallest absolute Gasteiger partial charge is 0.333 e. The van der Waals surface area contributed by atoms with Gasteiger partial charge in [0, 0.05) is 24.4 Å². The van der Waals surface area contributed by atoms with Gasteiger partial charge < -0.3 is 4.74 Å². The topological polar surface area (TPSA) is 87.0 Å². The summed E-state index contributed by atoms with van der Waals surface area (Å²) < 4.78 is 6.58. The van der Waals surface area contributed by atoms with Gasteiger partial charge in [-0.15, -0.1) is 10.2 Å². The lowest BCUT2D eigenvalue weighted by atomic mass is 9.82. The maximum atomic E-state index is 12.5. The van der Waals surface area contributed by atoms with Crippen LogP contribution in [-0.4, -0.2) is 38.6 Å². The van der Waals surface area contributed by atoms with E-state index in [4.69, 9.17) is 4.74 Å². The van der Waals surface area contributed by atoms with Crippen molar-refractivity contribution in [3.8, 4) is 5.82 Å². The Morgan fingerprint density at radius 1 is 1.32 bits per heavy atom. The molecule has 0 saturated carbocycles. The monoisotopic (exact) mass is 340 g/mol. The molecule has 0 N–H and O–H groups in total. The normalized spacial score (nSPS) is 17.4. The maximum Gasteiger partial charge on any atom is 0.333 e. The van der Waals surface area contributed by atoms with Gasteiger partial charge in [0.15, 0.2) is 11.6 Å². The van der Waals surface area contributed by atoms with E-state index in [1.807, 2.05) is 0 Å². The fourth-order valence-corrected chi connectivity index (χ4v) is 3.00. The fourth-order valence-electron chi connectivity index (χ4n) is 3.00. The van der Waals surface area contributed by atoms with Crippen LogP contribution in [0, 0.1) is 5.92 Å². The van der Waals surface area contributed by atoms with Crippen molar-refractivity contribution in [3.05, 3.63) is 47.7 Å². The summed E-state index contributed by atoms with van der Waals surface area (Å²) in [5, 5.41) is 8.08. The molecule has 25 heavy (non-hydrogen) atoms. The van der Waals surface area contributed by atoms with E-state index in [2.05, 4.69) is 22.1 Å². The third-order valence-electron chi connectivity index (χ3n) is 4.43. The van der Waals surface area contributed by atoms with Gasteiger partial charge in [-0.3, -0.25) is 9.36 Å². The van der Waals surface area contributed by atoms with Crippen LogP contribution in [0.15, 0.2) is 42.0 Å². The van der Waals surface area contributed by atoms with Crippen LogP contribution in [0.2, 0.25) is 0 Å². The van der Waals surface area contributed by atoms with Crippen LogP contribution in [-0.2, 0) is 9.53 Å². The molecule has 1 atom stereocenters. The van der Waals surface area contributed by atoms with Crippen molar-refractivity contribution in [2.24, 2.45) is 5.92 Å². The van der Waals surface area contributed by atoms with Crippen LogP contribution < -0.4 is 0 Å². The summed E-state index contributed by atoms with van der Waals surface area (Å²) in [6.45, 7) is 2.10. The number of imidazole rings is 1. The summed E-state index contributed by atoms with van der Waals surface area (Å²) in [5.74, 6) is 0.531. The number of carbonyl (C=O) groups is 2. The highest BCUT2D eigenvalue weighted by Crippen LogP contribution is 2.32. The third-order valence-corrected chi connectivity index (χ3v) is 4.43. The number of hydrogen-bond donors (Lipinski definition) is 0. The maximum absolute atomic E-state index is 12.5. The van der Waals surface area contributed by atoms with Crippen molar-refractivity contribution in [3.63, 3.8) is 0 Å². The number of aromatic nitrogens is 4. The van der Waals surface area contributed by atoms with Crippen LogP contribution in [0.25, 0.3) is 5.82 Å². The molecule has 3 rings (SSSR count). The van der Waals surface area contributed by atoms with Gasteiger partial charge in [-0.2, -0.15) is 0 Å². The van der Waals surface area contributed by atoms with Crippen molar-refractivity contribution >= 4 is 11.8 Å². The summed E-state index contributed by atoms with van der Waals surface area (Å²) >= 11 is 0. The minimum absolute atomic E-state index is 0.143. The van der Waals surface area contributed by atoms with E-state index >= 15 is 0 Å². The van der Waals surface area contributed by atoms with Crippen LogP contribution in [0.3, 0.4) is 0 Å². The molecule has 7 nitrogen and oxygen atoms in total. The van der Waals surface area contributed by atoms with Crippen LogP contribution in [0.5, 0.6) is 0 Å². The van der Waals surface area contributed by atoms with Crippen molar-refractivity contribution in [1.82, 2.24) is 19.7 Å². The van der Waals surface area contributed by atoms with Gasteiger partial charge in [-0.25, -0.2) is 9.78 Å². The van der Waals surface area contributed by atoms with Gasteiger partial charge in [0.25, 0.3) is 0 Å². The first kappa shape index (κ1) is 17.0. The van der Waals surface area contributed by atoms with Gasteiger partial charge in [0.05, 0.1) is 7.11 Å². The summed E-state index contributed by atoms with van der Waals surface area (Å²) in [5.41, 5.74) is 1.78. The Hall–Kier alpha value is -2.83. The Morgan fingerprint density at radius 2 is 2.16 bits per heavy atom. The number of esters is 1. The highest BCUT2D eigenvalue weighted by molar-refractivity contribution is 5.98. The van der Waals surface area contributed by atoms with Gasteiger partial charge in [-0.1, -0.05) is 12.5 Å². The molecule has 1 aliphatic rings. The Morgan fingerprint density at radius 3 is 2.80 bits per heavy atom. The molecule has 0 aromatic carbocycles. The lowest BCUT2D eigenvalue weighted by molar-refractivity contribution is -0.136. The van der Waals surface area contributed by atoms with Gasteiger partial charge in [-0.05, 0) is 37.3 Å². The molecule has 130 valence electrons. The highest BCUT2D eigenvalue weighted by Gasteiger charge is 2.25. The number of nitrogens with zero attached hydrogens (tertiary/aromatic N) is 4. The molecule has 7 heteroatoms. The fraction of sp³-hybridized carbons (Fsp3) is 0.389. The van der Waals surface area contributed by atoms with Crippen LogP contribution in [0.4, 0.5) is 0 Å². The zero-order chi connectivity index (χ0) is 17.8. The minimum atomic E-state index is -0.337. The quantitative estimate of drug-likeness (QED) is 0.614. The number of allylic oxidation sites excluding steroid dienone is 1. The van der Waals surface area contributed by atoms with E-state index < -0.39 is 0 Å². The number of methoxy groups -OCH3 is 1. The highest BCUT2D eigenvalue weighted by atomic mass is 16.5. The molecule has 1 unspecified atom stereocenters. The van der Waals surface area contributed by atoms with Crippen molar-refractivity contribution in [1.29, 1.82) is 0 Å². The largest absolute Gasteiger partial charge is 0.466 e. The zero-order valence-electron chi connectivity index (χ0n) is 14.3. The molecular formula is C18H20N4O3. The molecule has 1 aliphatic carbocycles. The van der Waals surface area contributed by atoms with Crippen molar-refractivity contribution in [2.45, 2.75) is 32.6 Å². The molecule has 0 amide bonds. The summed E-state index contributed by atoms with van der Waals surface area (Å²) in [6.07, 6.45) is 7.54. The minimum Gasteiger partial charge on any atom is -0.466 e. The van der Waals surface area contributed by atoms with Crippen molar-refractivity contribution in [2.75, 3.05) is 7.11 Å². The molecule has 2 aromatic rings. The SMILES string of the molecule is COC(=O)C1=C(CC(=O)c2ccc(-n3ccnc3)nn2)CCC(C)C1. The molecule has 2 heterocycles. The lowest BCUT2D eigenvalue weighted by Crippen LogP contribution is -2.18. The molecule has 0 aliphatic heterocycles. The first-order chi connectivity index (χ1) is 12.1. The summed E-state index contributed by atoms with van der Waals surface area (Å²) in [6, 6.07) is 3.37. The number of Topliss-reactive ketones (excluding diaryl/α,β-unsaturated/α-hetero) is 1. The second-order valence-corrected chi connectivity index (χ2v) is 6.27. The second kappa shape index (κ2) is 7.38. The number of ether oxygens (including phenoxy) is 1. The summed E-state index contributed by atoms with van der Waals surface area (Å²) in [4.78, 5) is 28.5. The summed E-state index contributed by atoms with van der Waals surface area (Å²) in [7, 11) is 1.37. The van der Waals surface area contributed by atoms with E-state index in [-0.39, 0.29) is 18.2 Å². The molecule has 2 aromatic heterocycles. The lowest BCUT2D eigenvalue weighted by Gasteiger charge is -2.23. The first-order valence-electron chi connectivity index (χ1n) is 8.23. The Kier molecular flexibility index (Phi) is 5.02. The number of carbonyl (C=O) groups excluding carboxylic acids is 2. The second-order valence-electron chi connectivity index (χ2n) is 6.27. The van der Waals surface area contributed by atoms with Crippen LogP contribution >= 0.6 is 0 Å². The Labute approximate surface area is 145 Å². The van der Waals surface area contributed by atoms with Gasteiger partial charge in [0.1, 0.15) is 12.0 Å². The average Bonchev–Trinajstić information content (AvgIpc) is 3.17. The predicted octanol–water partition coefficient (Wildman–Crippen LogP) is 2.52. The van der Waals surface area contributed by atoms with E-state index in [0.29, 0.717) is 29.4 Å². The molecule has 0 spiro atoms. The van der Waals surface area contributed by atoms with E-state index in [1.54, 1.807) is 35.4 Å². The molecule has 0 fully saturated rings. The Balaban J connectivity index is 1.77. The van der Waals surface area contributed by atoms with Gasteiger partial charge in [0.2, 0.25) is 0 Å². The van der Waals surface area contributed by atoms with Crippen molar-refractivity contribution < 1.29 is 14.3 Å². The number of rotatable bonds is 5. The molecule has 0 radical (unpaired) electrons. The predicted molar refractivity (Wildman–Crippen MR) is 90.2 cm³/mol. The average molecular weight is 340 g/mol.